The molecule has 0 aliphatic heterocycles. The van der Waals surface area contributed by atoms with Crippen molar-refractivity contribution in [2.24, 2.45) is 0 Å². The first-order valence-corrected chi connectivity index (χ1v) is 7.92. The summed E-state index contributed by atoms with van der Waals surface area (Å²) < 4.78 is 6.89. The van der Waals surface area contributed by atoms with Gasteiger partial charge in [-0.05, 0) is 24.3 Å². The largest absolute Gasteiger partial charge is 0.494 e. The van der Waals surface area contributed by atoms with Gasteiger partial charge < -0.3 is 10.1 Å². The van der Waals surface area contributed by atoms with E-state index in [1.807, 2.05) is 0 Å². The number of aryl methyl sites for hydroxylation is 1. The normalized spacial score (nSPS) is 11.9. The summed E-state index contributed by atoms with van der Waals surface area (Å²) in [5, 5.41) is 4.35. The number of methoxy groups -OCH3 is 1. The SMILES string of the molecule is CCCNc1nc2c(OC)c(C(C)(C)C)cc(C)c2s1. The lowest BCUT2D eigenvalue weighted by Crippen LogP contribution is -2.13. The molecule has 1 N–H and O–H groups in total. The molecule has 0 amide bonds. The Hall–Kier alpha value is -1.29. The average Bonchev–Trinajstić information content (AvgIpc) is 2.79. The first kappa shape index (κ1) is 15.1. The molecule has 110 valence electrons. The number of nitrogens with zero attached hydrogens (tertiary/aromatic N) is 1. The molecule has 20 heavy (non-hydrogen) atoms. The van der Waals surface area contributed by atoms with Crippen molar-refractivity contribution in [2.45, 2.75) is 46.5 Å². The molecular weight excluding hydrogens is 268 g/mol. The van der Waals surface area contributed by atoms with Gasteiger partial charge in [-0.15, -0.1) is 0 Å². The van der Waals surface area contributed by atoms with E-state index in [0.717, 1.165) is 29.4 Å². The van der Waals surface area contributed by atoms with E-state index in [1.165, 1.54) is 15.8 Å². The minimum absolute atomic E-state index is 0.0465. The monoisotopic (exact) mass is 292 g/mol. The zero-order valence-corrected chi connectivity index (χ0v) is 14.1. The van der Waals surface area contributed by atoms with Gasteiger partial charge in [-0.1, -0.05) is 45.1 Å². The van der Waals surface area contributed by atoms with Gasteiger partial charge in [-0.3, -0.25) is 0 Å². The van der Waals surface area contributed by atoms with E-state index < -0.39 is 0 Å². The number of anilines is 1. The Morgan fingerprint density at radius 3 is 2.60 bits per heavy atom. The summed E-state index contributed by atoms with van der Waals surface area (Å²) in [5.74, 6) is 0.916. The summed E-state index contributed by atoms with van der Waals surface area (Å²) in [4.78, 5) is 4.74. The highest BCUT2D eigenvalue weighted by atomic mass is 32.1. The van der Waals surface area contributed by atoms with Gasteiger partial charge in [0.15, 0.2) is 5.13 Å². The fourth-order valence-corrected chi connectivity index (χ4v) is 3.25. The lowest BCUT2D eigenvalue weighted by molar-refractivity contribution is 0.402. The fourth-order valence-electron chi connectivity index (χ4n) is 2.29. The van der Waals surface area contributed by atoms with Gasteiger partial charge in [0.1, 0.15) is 11.3 Å². The van der Waals surface area contributed by atoms with Crippen LogP contribution < -0.4 is 10.1 Å². The van der Waals surface area contributed by atoms with Crippen LogP contribution in [-0.2, 0) is 5.41 Å². The maximum Gasteiger partial charge on any atom is 0.183 e. The zero-order chi connectivity index (χ0) is 14.9. The zero-order valence-electron chi connectivity index (χ0n) is 13.3. The van der Waals surface area contributed by atoms with E-state index in [2.05, 4.69) is 46.0 Å². The molecule has 1 aromatic carbocycles. The van der Waals surface area contributed by atoms with Crippen LogP contribution in [0.2, 0.25) is 0 Å². The molecule has 0 atom stereocenters. The number of hydrogen-bond donors (Lipinski definition) is 1. The molecule has 4 heteroatoms. The first-order valence-electron chi connectivity index (χ1n) is 7.11. The summed E-state index contributed by atoms with van der Waals surface area (Å²) in [5.41, 5.74) is 3.52. The third-order valence-electron chi connectivity index (χ3n) is 3.34. The van der Waals surface area contributed by atoms with Crippen LogP contribution in [0.1, 0.15) is 45.2 Å². The number of rotatable bonds is 4. The minimum Gasteiger partial charge on any atom is -0.494 e. The molecule has 0 saturated carbocycles. The molecule has 2 aromatic rings. The second-order valence-corrected chi connectivity index (χ2v) is 7.15. The van der Waals surface area contributed by atoms with Gasteiger partial charge in [-0.25, -0.2) is 4.98 Å². The molecule has 0 aliphatic rings. The molecule has 1 heterocycles. The summed E-state index contributed by atoms with van der Waals surface area (Å²) in [6.45, 7) is 11.9. The summed E-state index contributed by atoms with van der Waals surface area (Å²) in [6.07, 6.45) is 1.10. The van der Waals surface area contributed by atoms with Crippen molar-refractivity contribution in [1.82, 2.24) is 4.98 Å². The molecule has 0 fully saturated rings. The molecule has 0 unspecified atom stereocenters. The Labute approximate surface area is 125 Å². The number of benzene rings is 1. The molecule has 0 aliphatic carbocycles. The van der Waals surface area contributed by atoms with Crippen LogP contribution in [-0.4, -0.2) is 18.6 Å². The van der Waals surface area contributed by atoms with Crippen LogP contribution in [0.3, 0.4) is 0 Å². The molecule has 0 spiro atoms. The maximum absolute atomic E-state index is 5.67. The third-order valence-corrected chi connectivity index (χ3v) is 4.49. The molecule has 0 saturated heterocycles. The number of aromatic nitrogens is 1. The van der Waals surface area contributed by atoms with E-state index in [0.29, 0.717) is 0 Å². The van der Waals surface area contributed by atoms with Crippen molar-refractivity contribution in [2.75, 3.05) is 19.0 Å². The van der Waals surface area contributed by atoms with Crippen molar-refractivity contribution in [3.05, 3.63) is 17.2 Å². The van der Waals surface area contributed by atoms with E-state index in [-0.39, 0.29) is 5.41 Å². The van der Waals surface area contributed by atoms with Gasteiger partial charge in [0.05, 0.1) is 11.8 Å². The highest BCUT2D eigenvalue weighted by molar-refractivity contribution is 7.22. The van der Waals surface area contributed by atoms with Crippen LogP contribution in [0.4, 0.5) is 5.13 Å². The number of nitrogens with one attached hydrogen (secondary N) is 1. The Balaban J connectivity index is 2.63. The van der Waals surface area contributed by atoms with Crippen molar-refractivity contribution >= 4 is 26.7 Å². The van der Waals surface area contributed by atoms with Crippen molar-refractivity contribution < 1.29 is 4.74 Å². The van der Waals surface area contributed by atoms with Crippen LogP contribution in [0.5, 0.6) is 5.75 Å². The minimum atomic E-state index is 0.0465. The number of ether oxygens (including phenoxy) is 1. The third kappa shape index (κ3) is 2.75. The second kappa shape index (κ2) is 5.60. The predicted octanol–water partition coefficient (Wildman–Crippen LogP) is 4.73. The molecule has 0 bridgehead atoms. The van der Waals surface area contributed by atoms with Crippen LogP contribution in [0.25, 0.3) is 10.2 Å². The van der Waals surface area contributed by atoms with Crippen LogP contribution in [0, 0.1) is 6.92 Å². The molecular formula is C16H24N2OS. The maximum atomic E-state index is 5.67. The summed E-state index contributed by atoms with van der Waals surface area (Å²) in [6, 6.07) is 2.24. The summed E-state index contributed by atoms with van der Waals surface area (Å²) in [7, 11) is 1.73. The van der Waals surface area contributed by atoms with Crippen molar-refractivity contribution in [3.63, 3.8) is 0 Å². The lowest BCUT2D eigenvalue weighted by Gasteiger charge is -2.23. The first-order chi connectivity index (χ1) is 9.38. The highest BCUT2D eigenvalue weighted by Gasteiger charge is 2.23. The van der Waals surface area contributed by atoms with Gasteiger partial charge in [0.25, 0.3) is 0 Å². The molecule has 3 nitrogen and oxygen atoms in total. The molecule has 2 rings (SSSR count). The van der Waals surface area contributed by atoms with Gasteiger partial charge in [-0.2, -0.15) is 0 Å². The standard InChI is InChI=1S/C16H24N2OS/c1-7-8-17-15-18-12-13(19-6)11(16(3,4)5)9-10(2)14(12)20-15/h9H,7-8H2,1-6H3,(H,17,18). The van der Waals surface area contributed by atoms with Crippen LogP contribution in [0.15, 0.2) is 6.07 Å². The number of fused-ring (bicyclic) bond motifs is 1. The smallest absolute Gasteiger partial charge is 0.183 e. The summed E-state index contributed by atoms with van der Waals surface area (Å²) >= 11 is 1.71. The Morgan fingerprint density at radius 2 is 2.05 bits per heavy atom. The van der Waals surface area contributed by atoms with Crippen LogP contribution >= 0.6 is 11.3 Å². The van der Waals surface area contributed by atoms with E-state index in [1.54, 1.807) is 18.4 Å². The van der Waals surface area contributed by atoms with Gasteiger partial charge >= 0.3 is 0 Å². The lowest BCUT2D eigenvalue weighted by atomic mass is 9.85. The van der Waals surface area contributed by atoms with E-state index in [9.17, 15) is 0 Å². The molecule has 0 radical (unpaired) electrons. The van der Waals surface area contributed by atoms with E-state index in [4.69, 9.17) is 9.72 Å². The van der Waals surface area contributed by atoms with Gasteiger partial charge in [0.2, 0.25) is 0 Å². The Morgan fingerprint density at radius 1 is 1.35 bits per heavy atom. The van der Waals surface area contributed by atoms with Gasteiger partial charge in [0, 0.05) is 12.1 Å². The second-order valence-electron chi connectivity index (χ2n) is 6.15. The fraction of sp³-hybridized carbons (Fsp3) is 0.562. The average molecular weight is 292 g/mol. The van der Waals surface area contributed by atoms with E-state index >= 15 is 0 Å². The topological polar surface area (TPSA) is 34.2 Å². The number of hydrogen-bond acceptors (Lipinski definition) is 4. The quantitative estimate of drug-likeness (QED) is 0.884. The Bertz CT molecular complexity index is 611. The highest BCUT2D eigenvalue weighted by Crippen LogP contribution is 2.41. The number of thiazole rings is 1. The molecule has 1 aromatic heterocycles. The van der Waals surface area contributed by atoms with Crippen molar-refractivity contribution in [3.8, 4) is 5.75 Å². The van der Waals surface area contributed by atoms with Crippen molar-refractivity contribution in [1.29, 1.82) is 0 Å². The Kier molecular flexibility index (Phi) is 4.23. The predicted molar refractivity (Wildman–Crippen MR) is 88.4 cm³/mol.